The SMILES string of the molecule is CCNC(=NCc1ccc(N2CCC(CO)CC2)cc1)NC1CCN(C2CCCC2)C1. The van der Waals surface area contributed by atoms with E-state index in [9.17, 15) is 5.11 Å². The Labute approximate surface area is 188 Å². The number of nitrogens with zero attached hydrogens (tertiary/aromatic N) is 3. The molecule has 172 valence electrons. The number of hydrogen-bond acceptors (Lipinski definition) is 4. The molecule has 1 atom stereocenters. The number of rotatable bonds is 7. The third kappa shape index (κ3) is 6.13. The maximum Gasteiger partial charge on any atom is 0.191 e. The van der Waals surface area contributed by atoms with Crippen LogP contribution in [0.15, 0.2) is 29.3 Å². The molecular formula is C25H41N5O. The minimum Gasteiger partial charge on any atom is -0.396 e. The highest BCUT2D eigenvalue weighted by Gasteiger charge is 2.30. The molecule has 3 N–H and O–H groups in total. The minimum absolute atomic E-state index is 0.326. The van der Waals surface area contributed by atoms with Crippen molar-refractivity contribution in [2.24, 2.45) is 10.9 Å². The molecule has 1 aromatic rings. The van der Waals surface area contributed by atoms with Crippen LogP contribution in [0.2, 0.25) is 0 Å². The van der Waals surface area contributed by atoms with Gasteiger partial charge in [-0.3, -0.25) is 4.90 Å². The van der Waals surface area contributed by atoms with E-state index in [1.807, 2.05) is 0 Å². The van der Waals surface area contributed by atoms with Crippen LogP contribution in [0.1, 0.15) is 57.4 Å². The Morgan fingerprint density at radius 1 is 1.03 bits per heavy atom. The van der Waals surface area contributed by atoms with Crippen LogP contribution in [-0.4, -0.2) is 67.4 Å². The van der Waals surface area contributed by atoms with Gasteiger partial charge in [-0.05, 0) is 62.6 Å². The number of piperidine rings is 1. The lowest BCUT2D eigenvalue weighted by Gasteiger charge is -2.32. The lowest BCUT2D eigenvalue weighted by Crippen LogP contribution is -2.45. The zero-order chi connectivity index (χ0) is 21.5. The van der Waals surface area contributed by atoms with Crippen molar-refractivity contribution in [1.29, 1.82) is 0 Å². The lowest BCUT2D eigenvalue weighted by molar-refractivity contribution is 0.203. The number of benzene rings is 1. The maximum absolute atomic E-state index is 9.33. The molecule has 2 saturated heterocycles. The molecule has 31 heavy (non-hydrogen) atoms. The molecule has 6 heteroatoms. The van der Waals surface area contributed by atoms with Gasteiger partial charge in [0.25, 0.3) is 0 Å². The predicted octanol–water partition coefficient (Wildman–Crippen LogP) is 2.97. The van der Waals surface area contributed by atoms with Crippen molar-refractivity contribution in [1.82, 2.24) is 15.5 Å². The molecule has 0 amide bonds. The van der Waals surface area contributed by atoms with Gasteiger partial charge < -0.3 is 20.6 Å². The number of anilines is 1. The predicted molar refractivity (Wildman–Crippen MR) is 129 cm³/mol. The lowest BCUT2D eigenvalue weighted by atomic mass is 9.97. The fourth-order valence-electron chi connectivity index (χ4n) is 5.38. The summed E-state index contributed by atoms with van der Waals surface area (Å²) in [6.45, 7) is 8.48. The number of nitrogens with one attached hydrogen (secondary N) is 2. The summed E-state index contributed by atoms with van der Waals surface area (Å²) in [6, 6.07) is 10.2. The van der Waals surface area contributed by atoms with Gasteiger partial charge in [-0.25, -0.2) is 4.99 Å². The highest BCUT2D eigenvalue weighted by Crippen LogP contribution is 2.26. The molecule has 4 rings (SSSR count). The zero-order valence-electron chi connectivity index (χ0n) is 19.2. The molecule has 1 aromatic carbocycles. The second-order valence-electron chi connectivity index (χ2n) is 9.54. The summed E-state index contributed by atoms with van der Waals surface area (Å²) < 4.78 is 0. The Morgan fingerprint density at radius 3 is 2.45 bits per heavy atom. The fraction of sp³-hybridized carbons (Fsp3) is 0.720. The van der Waals surface area contributed by atoms with E-state index >= 15 is 0 Å². The number of aliphatic hydroxyl groups is 1. The summed E-state index contributed by atoms with van der Waals surface area (Å²) in [7, 11) is 0. The standard InChI is InChI=1S/C25H41N5O/c1-2-26-25(28-22-13-16-30(18-22)23-5-3-4-6-23)27-17-20-7-9-24(10-8-20)29-14-11-21(19-31)12-15-29/h7-10,21-23,31H,2-6,11-19H2,1H3,(H2,26,27,28). The molecule has 0 spiro atoms. The first kappa shape index (κ1) is 22.4. The molecule has 1 saturated carbocycles. The molecular weight excluding hydrogens is 386 g/mol. The first-order chi connectivity index (χ1) is 15.2. The van der Waals surface area contributed by atoms with E-state index in [-0.39, 0.29) is 0 Å². The van der Waals surface area contributed by atoms with Crippen LogP contribution in [0.25, 0.3) is 0 Å². The Morgan fingerprint density at radius 2 is 1.77 bits per heavy atom. The van der Waals surface area contributed by atoms with Gasteiger partial charge in [0.1, 0.15) is 0 Å². The molecule has 2 aliphatic heterocycles. The molecule has 0 radical (unpaired) electrons. The second-order valence-corrected chi connectivity index (χ2v) is 9.54. The van der Waals surface area contributed by atoms with Gasteiger partial charge in [-0.2, -0.15) is 0 Å². The zero-order valence-corrected chi connectivity index (χ0v) is 19.2. The van der Waals surface area contributed by atoms with Gasteiger partial charge in [0.15, 0.2) is 5.96 Å². The molecule has 0 aromatic heterocycles. The second kappa shape index (κ2) is 11.2. The van der Waals surface area contributed by atoms with E-state index in [1.165, 1.54) is 49.9 Å². The molecule has 0 bridgehead atoms. The van der Waals surface area contributed by atoms with E-state index in [4.69, 9.17) is 4.99 Å². The van der Waals surface area contributed by atoms with Gasteiger partial charge in [0.05, 0.1) is 6.54 Å². The van der Waals surface area contributed by atoms with Crippen LogP contribution in [0.3, 0.4) is 0 Å². The monoisotopic (exact) mass is 427 g/mol. The Kier molecular flexibility index (Phi) is 8.09. The minimum atomic E-state index is 0.326. The van der Waals surface area contributed by atoms with Crippen molar-refractivity contribution in [3.8, 4) is 0 Å². The number of likely N-dealkylation sites (tertiary alicyclic amines) is 1. The highest BCUT2D eigenvalue weighted by atomic mass is 16.3. The quantitative estimate of drug-likeness (QED) is 0.461. The Balaban J connectivity index is 1.28. The van der Waals surface area contributed by atoms with E-state index < -0.39 is 0 Å². The first-order valence-electron chi connectivity index (χ1n) is 12.5. The van der Waals surface area contributed by atoms with Crippen molar-refractivity contribution in [3.63, 3.8) is 0 Å². The van der Waals surface area contributed by atoms with Crippen molar-refractivity contribution < 1.29 is 5.11 Å². The van der Waals surface area contributed by atoms with Crippen molar-refractivity contribution in [3.05, 3.63) is 29.8 Å². The third-order valence-electron chi connectivity index (χ3n) is 7.34. The fourth-order valence-corrected chi connectivity index (χ4v) is 5.38. The van der Waals surface area contributed by atoms with Gasteiger partial charge in [0.2, 0.25) is 0 Å². The smallest absolute Gasteiger partial charge is 0.191 e. The molecule has 1 aliphatic carbocycles. The van der Waals surface area contributed by atoms with Gasteiger partial charge >= 0.3 is 0 Å². The van der Waals surface area contributed by atoms with Gasteiger partial charge in [-0.15, -0.1) is 0 Å². The van der Waals surface area contributed by atoms with E-state index in [0.29, 0.717) is 25.1 Å². The summed E-state index contributed by atoms with van der Waals surface area (Å²) >= 11 is 0. The molecule has 6 nitrogen and oxygen atoms in total. The molecule has 1 unspecified atom stereocenters. The van der Waals surface area contributed by atoms with E-state index in [0.717, 1.165) is 51.0 Å². The first-order valence-corrected chi connectivity index (χ1v) is 12.5. The van der Waals surface area contributed by atoms with E-state index in [2.05, 4.69) is 51.6 Å². The third-order valence-corrected chi connectivity index (χ3v) is 7.34. The van der Waals surface area contributed by atoms with E-state index in [1.54, 1.807) is 0 Å². The van der Waals surface area contributed by atoms with Crippen molar-refractivity contribution in [2.45, 2.75) is 70.5 Å². The van der Waals surface area contributed by atoms with Crippen LogP contribution < -0.4 is 15.5 Å². The Hall–Kier alpha value is -1.79. The normalized spacial score (nSPS) is 24.1. The molecule has 3 fully saturated rings. The average molecular weight is 428 g/mol. The topological polar surface area (TPSA) is 63.1 Å². The van der Waals surface area contributed by atoms with Crippen LogP contribution in [0, 0.1) is 5.92 Å². The van der Waals surface area contributed by atoms with Crippen molar-refractivity contribution >= 4 is 11.6 Å². The van der Waals surface area contributed by atoms with Gasteiger partial charge in [-0.1, -0.05) is 25.0 Å². The number of guanidine groups is 1. The van der Waals surface area contributed by atoms with Crippen LogP contribution in [0.4, 0.5) is 5.69 Å². The molecule has 3 aliphatic rings. The highest BCUT2D eigenvalue weighted by molar-refractivity contribution is 5.80. The summed E-state index contributed by atoms with van der Waals surface area (Å²) in [5.41, 5.74) is 2.53. The van der Waals surface area contributed by atoms with Crippen LogP contribution >= 0.6 is 0 Å². The number of aliphatic hydroxyl groups excluding tert-OH is 1. The summed E-state index contributed by atoms with van der Waals surface area (Å²) in [4.78, 5) is 9.99. The number of aliphatic imine (C=N–C) groups is 1. The van der Waals surface area contributed by atoms with Gasteiger partial charge in [0, 0.05) is 57.1 Å². The largest absolute Gasteiger partial charge is 0.396 e. The maximum atomic E-state index is 9.33. The molecule has 2 heterocycles. The van der Waals surface area contributed by atoms with Crippen LogP contribution in [-0.2, 0) is 6.54 Å². The Bertz CT molecular complexity index is 692. The van der Waals surface area contributed by atoms with Crippen molar-refractivity contribution in [2.75, 3.05) is 44.2 Å². The number of hydrogen-bond donors (Lipinski definition) is 3. The summed E-state index contributed by atoms with van der Waals surface area (Å²) in [5, 5.41) is 16.4. The summed E-state index contributed by atoms with van der Waals surface area (Å²) in [6.07, 6.45) is 8.96. The average Bonchev–Trinajstić information content (AvgIpc) is 3.50. The van der Waals surface area contributed by atoms with Crippen LogP contribution in [0.5, 0.6) is 0 Å². The summed E-state index contributed by atoms with van der Waals surface area (Å²) in [5.74, 6) is 1.42.